The fourth-order valence-corrected chi connectivity index (χ4v) is 1.50. The molecule has 0 bridgehead atoms. The maximum Gasteiger partial charge on any atom is 0.230 e. The summed E-state index contributed by atoms with van der Waals surface area (Å²) in [6.45, 7) is 0. The minimum Gasteiger partial charge on any atom is -0.504 e. The quantitative estimate of drug-likeness (QED) is 0.871. The molecule has 0 saturated carbocycles. The lowest BCUT2D eigenvalue weighted by Crippen LogP contribution is -2.15. The van der Waals surface area contributed by atoms with Gasteiger partial charge in [0, 0.05) is 6.20 Å². The summed E-state index contributed by atoms with van der Waals surface area (Å²) < 4.78 is 12.9. The maximum atomic E-state index is 12.9. The smallest absolute Gasteiger partial charge is 0.230 e. The van der Waals surface area contributed by atoms with Crippen molar-refractivity contribution < 1.29 is 14.3 Å². The van der Waals surface area contributed by atoms with E-state index in [4.69, 9.17) is 0 Å². The molecule has 2 aromatic rings. The van der Waals surface area contributed by atoms with Crippen LogP contribution in [-0.4, -0.2) is 16.0 Å². The van der Waals surface area contributed by atoms with E-state index >= 15 is 0 Å². The third-order valence-electron chi connectivity index (χ3n) is 2.30. The summed E-state index contributed by atoms with van der Waals surface area (Å²) in [4.78, 5) is 15.5. The molecule has 1 heterocycles. The Bertz CT molecular complexity index is 572. The molecule has 1 amide bonds. The van der Waals surface area contributed by atoms with E-state index in [-0.39, 0.29) is 29.7 Å². The normalized spacial score (nSPS) is 10.1. The van der Waals surface area contributed by atoms with E-state index in [2.05, 4.69) is 10.3 Å². The summed E-state index contributed by atoms with van der Waals surface area (Å²) in [5, 5.41) is 11.9. The number of halogens is 1. The van der Waals surface area contributed by atoms with Gasteiger partial charge in [-0.2, -0.15) is 0 Å². The highest BCUT2D eigenvalue weighted by atomic mass is 19.1. The van der Waals surface area contributed by atoms with Crippen LogP contribution in [0.5, 0.6) is 5.75 Å². The Hall–Kier alpha value is -2.43. The molecule has 0 aliphatic rings. The van der Waals surface area contributed by atoms with Gasteiger partial charge in [-0.3, -0.25) is 4.79 Å². The number of nitrogens with one attached hydrogen (secondary N) is 1. The van der Waals surface area contributed by atoms with Crippen LogP contribution >= 0.6 is 0 Å². The average molecular weight is 246 g/mol. The Balaban J connectivity index is 2.03. The lowest BCUT2D eigenvalue weighted by Gasteiger charge is -2.05. The Morgan fingerprint density at radius 3 is 2.89 bits per heavy atom. The van der Waals surface area contributed by atoms with Crippen LogP contribution in [0.4, 0.5) is 10.2 Å². The first-order valence-electron chi connectivity index (χ1n) is 5.33. The molecule has 2 N–H and O–H groups in total. The van der Waals surface area contributed by atoms with Crippen LogP contribution in [-0.2, 0) is 11.2 Å². The molecule has 92 valence electrons. The van der Waals surface area contributed by atoms with Gasteiger partial charge in [-0.15, -0.1) is 0 Å². The molecule has 0 spiro atoms. The standard InChI is InChI=1S/C13H11FN2O2/c14-10-4-1-3-9(7-10)8-12(18)16-13-11(17)5-2-6-15-13/h1-7,17H,8H2,(H,15,16,18). The number of aromatic hydroxyl groups is 1. The number of pyridine rings is 1. The highest BCUT2D eigenvalue weighted by molar-refractivity contribution is 5.92. The van der Waals surface area contributed by atoms with Crippen LogP contribution in [0.3, 0.4) is 0 Å². The molecule has 1 aromatic heterocycles. The van der Waals surface area contributed by atoms with Crippen molar-refractivity contribution in [2.75, 3.05) is 5.32 Å². The number of carbonyl (C=O) groups is 1. The number of benzene rings is 1. The van der Waals surface area contributed by atoms with Crippen molar-refractivity contribution >= 4 is 11.7 Å². The molecule has 2 rings (SSSR count). The molecule has 1 aromatic carbocycles. The third-order valence-corrected chi connectivity index (χ3v) is 2.30. The second-order valence-corrected chi connectivity index (χ2v) is 3.73. The zero-order valence-corrected chi connectivity index (χ0v) is 9.43. The number of hydrogen-bond donors (Lipinski definition) is 2. The monoisotopic (exact) mass is 246 g/mol. The molecule has 0 aliphatic heterocycles. The van der Waals surface area contributed by atoms with Gasteiger partial charge in [0.05, 0.1) is 6.42 Å². The minimum atomic E-state index is -0.388. The number of rotatable bonds is 3. The van der Waals surface area contributed by atoms with Crippen LogP contribution < -0.4 is 5.32 Å². The maximum absolute atomic E-state index is 12.9. The highest BCUT2D eigenvalue weighted by Gasteiger charge is 2.08. The SMILES string of the molecule is O=C(Cc1cccc(F)c1)Nc1ncccc1O. The van der Waals surface area contributed by atoms with Crippen LogP contribution in [0.15, 0.2) is 42.6 Å². The predicted molar refractivity (Wildman–Crippen MR) is 64.6 cm³/mol. The number of nitrogens with zero attached hydrogens (tertiary/aromatic N) is 1. The van der Waals surface area contributed by atoms with Gasteiger partial charge < -0.3 is 10.4 Å². The first-order chi connectivity index (χ1) is 8.65. The van der Waals surface area contributed by atoms with Crippen LogP contribution in [0.2, 0.25) is 0 Å². The molecular formula is C13H11FN2O2. The van der Waals surface area contributed by atoms with Gasteiger partial charge >= 0.3 is 0 Å². The van der Waals surface area contributed by atoms with Crippen molar-refractivity contribution in [1.82, 2.24) is 4.98 Å². The molecule has 0 radical (unpaired) electrons. The summed E-state index contributed by atoms with van der Waals surface area (Å²) >= 11 is 0. The number of aromatic nitrogens is 1. The van der Waals surface area contributed by atoms with Gasteiger partial charge in [-0.05, 0) is 29.8 Å². The second kappa shape index (κ2) is 5.27. The molecule has 0 aliphatic carbocycles. The average Bonchev–Trinajstić information content (AvgIpc) is 2.32. The second-order valence-electron chi connectivity index (χ2n) is 3.73. The van der Waals surface area contributed by atoms with E-state index in [0.717, 1.165) is 0 Å². The molecular weight excluding hydrogens is 235 g/mol. The Labute approximate surface area is 103 Å². The van der Waals surface area contributed by atoms with Crippen molar-refractivity contribution in [2.45, 2.75) is 6.42 Å². The van der Waals surface area contributed by atoms with Crippen molar-refractivity contribution in [3.63, 3.8) is 0 Å². The van der Waals surface area contributed by atoms with Gasteiger partial charge in [-0.25, -0.2) is 9.37 Å². The first kappa shape index (κ1) is 12.0. The van der Waals surface area contributed by atoms with Crippen molar-refractivity contribution in [3.8, 4) is 5.75 Å². The van der Waals surface area contributed by atoms with Gasteiger partial charge in [0.25, 0.3) is 0 Å². The largest absolute Gasteiger partial charge is 0.504 e. The topological polar surface area (TPSA) is 62.2 Å². The van der Waals surface area contributed by atoms with E-state index < -0.39 is 0 Å². The Morgan fingerprint density at radius 1 is 1.33 bits per heavy atom. The van der Waals surface area contributed by atoms with Crippen LogP contribution in [0.25, 0.3) is 0 Å². The zero-order valence-electron chi connectivity index (χ0n) is 9.43. The van der Waals surface area contributed by atoms with E-state index in [1.807, 2.05) is 0 Å². The summed E-state index contributed by atoms with van der Waals surface area (Å²) in [6.07, 6.45) is 1.48. The Morgan fingerprint density at radius 2 is 2.17 bits per heavy atom. The fourth-order valence-electron chi connectivity index (χ4n) is 1.50. The van der Waals surface area contributed by atoms with Gasteiger partial charge in [-0.1, -0.05) is 12.1 Å². The van der Waals surface area contributed by atoms with Gasteiger partial charge in [0.15, 0.2) is 11.6 Å². The predicted octanol–water partition coefficient (Wildman–Crippen LogP) is 2.11. The molecule has 0 saturated heterocycles. The number of anilines is 1. The molecule has 5 heteroatoms. The van der Waals surface area contributed by atoms with Gasteiger partial charge in [0.1, 0.15) is 5.82 Å². The summed E-state index contributed by atoms with van der Waals surface area (Å²) in [5.74, 6) is -0.764. The zero-order chi connectivity index (χ0) is 13.0. The van der Waals surface area contributed by atoms with Crippen molar-refractivity contribution in [3.05, 3.63) is 54.0 Å². The molecule has 4 nitrogen and oxygen atoms in total. The van der Waals surface area contributed by atoms with Crippen LogP contribution in [0, 0.1) is 5.82 Å². The van der Waals surface area contributed by atoms with Crippen LogP contribution in [0.1, 0.15) is 5.56 Å². The number of amides is 1. The highest BCUT2D eigenvalue weighted by Crippen LogP contribution is 2.18. The summed E-state index contributed by atoms with van der Waals surface area (Å²) in [6, 6.07) is 8.77. The molecule has 0 fully saturated rings. The lowest BCUT2D eigenvalue weighted by atomic mass is 10.1. The molecule has 18 heavy (non-hydrogen) atoms. The molecule has 0 atom stereocenters. The number of carbonyl (C=O) groups excluding carboxylic acids is 1. The lowest BCUT2D eigenvalue weighted by molar-refractivity contribution is -0.115. The van der Waals surface area contributed by atoms with E-state index in [1.165, 1.54) is 30.5 Å². The minimum absolute atomic E-state index is 0.0216. The van der Waals surface area contributed by atoms with Crippen molar-refractivity contribution in [1.29, 1.82) is 0 Å². The van der Waals surface area contributed by atoms with Crippen molar-refractivity contribution in [2.24, 2.45) is 0 Å². The first-order valence-corrected chi connectivity index (χ1v) is 5.33. The van der Waals surface area contributed by atoms with E-state index in [0.29, 0.717) is 5.56 Å². The number of hydrogen-bond acceptors (Lipinski definition) is 3. The fraction of sp³-hybridized carbons (Fsp3) is 0.0769. The Kier molecular flexibility index (Phi) is 3.52. The van der Waals surface area contributed by atoms with E-state index in [1.54, 1.807) is 12.1 Å². The van der Waals surface area contributed by atoms with Gasteiger partial charge in [0.2, 0.25) is 5.91 Å². The summed E-state index contributed by atoms with van der Waals surface area (Å²) in [5.41, 5.74) is 0.558. The third kappa shape index (κ3) is 3.04. The summed E-state index contributed by atoms with van der Waals surface area (Å²) in [7, 11) is 0. The molecule has 0 unspecified atom stereocenters. The van der Waals surface area contributed by atoms with E-state index in [9.17, 15) is 14.3 Å².